The summed E-state index contributed by atoms with van der Waals surface area (Å²) in [5.74, 6) is -0.727. The van der Waals surface area contributed by atoms with Gasteiger partial charge in [-0.1, -0.05) is 49.2 Å². The molecule has 2 N–H and O–H groups in total. The quantitative estimate of drug-likeness (QED) is 0.525. The molecule has 1 saturated carbocycles. The number of ether oxygens (including phenoxy) is 1. The van der Waals surface area contributed by atoms with Gasteiger partial charge in [0.2, 0.25) is 11.8 Å². The Morgan fingerprint density at radius 3 is 2.49 bits per heavy atom. The van der Waals surface area contributed by atoms with Crippen molar-refractivity contribution >= 4 is 29.1 Å². The second-order valence-electron chi connectivity index (χ2n) is 9.00. The molecule has 1 aliphatic heterocycles. The van der Waals surface area contributed by atoms with Gasteiger partial charge in [-0.25, -0.2) is 0 Å². The summed E-state index contributed by atoms with van der Waals surface area (Å²) in [5.41, 5.74) is 0.767. The summed E-state index contributed by atoms with van der Waals surface area (Å²) in [6.45, 7) is 3.76. The van der Waals surface area contributed by atoms with E-state index in [1.165, 1.54) is 11.3 Å². The zero-order valence-corrected chi connectivity index (χ0v) is 20.8. The molecule has 1 aromatic heterocycles. The Hall–Kier alpha value is -2.75. The second-order valence-corrected chi connectivity index (χ2v) is 9.95. The number of nitrogens with one attached hydrogen (secondary N) is 2. The van der Waals surface area contributed by atoms with Gasteiger partial charge in [0.25, 0.3) is 5.91 Å². The predicted molar refractivity (Wildman–Crippen MR) is 135 cm³/mol. The van der Waals surface area contributed by atoms with E-state index in [0.29, 0.717) is 31.2 Å². The van der Waals surface area contributed by atoms with Crippen molar-refractivity contribution in [1.29, 1.82) is 0 Å². The minimum Gasteiger partial charge on any atom is -0.379 e. The highest BCUT2D eigenvalue weighted by atomic mass is 32.1. The first kappa shape index (κ1) is 25.3. The lowest BCUT2D eigenvalue weighted by Gasteiger charge is -2.35. The molecule has 1 aromatic carbocycles. The Bertz CT molecular complexity index is 957. The van der Waals surface area contributed by atoms with E-state index in [1.54, 1.807) is 17.0 Å². The van der Waals surface area contributed by atoms with Crippen LogP contribution in [0.4, 0.5) is 0 Å². The van der Waals surface area contributed by atoms with E-state index in [2.05, 4.69) is 15.5 Å². The molecule has 0 radical (unpaired) electrons. The summed E-state index contributed by atoms with van der Waals surface area (Å²) in [6.07, 6.45) is 4.14. The van der Waals surface area contributed by atoms with Crippen LogP contribution < -0.4 is 10.6 Å². The number of hydrogen-bond acceptors (Lipinski definition) is 6. The van der Waals surface area contributed by atoms with Gasteiger partial charge in [0.1, 0.15) is 6.04 Å². The molecule has 8 nitrogen and oxygen atoms in total. The lowest BCUT2D eigenvalue weighted by molar-refractivity contribution is -0.140. The summed E-state index contributed by atoms with van der Waals surface area (Å²) in [5, 5.41) is 7.75. The number of amides is 3. The van der Waals surface area contributed by atoms with Crippen LogP contribution in [0, 0.1) is 0 Å². The van der Waals surface area contributed by atoms with E-state index in [4.69, 9.17) is 4.74 Å². The van der Waals surface area contributed by atoms with Crippen molar-refractivity contribution in [3.63, 3.8) is 0 Å². The van der Waals surface area contributed by atoms with E-state index in [-0.39, 0.29) is 30.3 Å². The maximum atomic E-state index is 13.6. The molecule has 2 aromatic rings. The molecule has 4 rings (SSSR count). The minimum atomic E-state index is -0.760. The Morgan fingerprint density at radius 2 is 1.80 bits per heavy atom. The van der Waals surface area contributed by atoms with Crippen molar-refractivity contribution in [2.24, 2.45) is 0 Å². The molecular formula is C26H34N4O4S. The van der Waals surface area contributed by atoms with Crippen LogP contribution in [0.15, 0.2) is 47.8 Å². The lowest BCUT2D eigenvalue weighted by Crippen LogP contribution is -2.51. The molecule has 0 bridgehead atoms. The minimum absolute atomic E-state index is 0.142. The van der Waals surface area contributed by atoms with E-state index >= 15 is 0 Å². The first-order chi connectivity index (χ1) is 17.1. The topological polar surface area (TPSA) is 91.0 Å². The number of hydrogen-bond donors (Lipinski definition) is 2. The largest absolute Gasteiger partial charge is 0.379 e. The highest BCUT2D eigenvalue weighted by molar-refractivity contribution is 7.12. The number of carbonyl (C=O) groups excluding carboxylic acids is 3. The van der Waals surface area contributed by atoms with Gasteiger partial charge in [-0.3, -0.25) is 19.3 Å². The molecule has 3 amide bonds. The average molecular weight is 499 g/mol. The first-order valence-corrected chi connectivity index (χ1v) is 13.3. The van der Waals surface area contributed by atoms with Crippen molar-refractivity contribution < 1.29 is 19.1 Å². The van der Waals surface area contributed by atoms with Gasteiger partial charge in [-0.05, 0) is 29.9 Å². The molecular weight excluding hydrogens is 464 g/mol. The van der Waals surface area contributed by atoms with Gasteiger partial charge in [0, 0.05) is 32.2 Å². The third-order valence-corrected chi connectivity index (χ3v) is 7.47. The maximum Gasteiger partial charge on any atom is 0.261 e. The normalized spacial score (nSPS) is 17.6. The van der Waals surface area contributed by atoms with Crippen molar-refractivity contribution in [3.8, 4) is 0 Å². The highest BCUT2D eigenvalue weighted by Gasteiger charge is 2.33. The van der Waals surface area contributed by atoms with Crippen LogP contribution in [0.3, 0.4) is 0 Å². The molecule has 35 heavy (non-hydrogen) atoms. The lowest BCUT2D eigenvalue weighted by atomic mass is 10.0. The molecule has 2 heterocycles. The molecule has 1 atom stereocenters. The molecule has 2 aliphatic rings. The second kappa shape index (κ2) is 12.8. The monoisotopic (exact) mass is 498 g/mol. The summed E-state index contributed by atoms with van der Waals surface area (Å²) < 4.78 is 5.45. The Balaban J connectivity index is 1.53. The van der Waals surface area contributed by atoms with Crippen molar-refractivity contribution in [2.75, 3.05) is 45.9 Å². The van der Waals surface area contributed by atoms with Gasteiger partial charge < -0.3 is 20.3 Å². The molecule has 9 heteroatoms. The van der Waals surface area contributed by atoms with Crippen LogP contribution in [0.2, 0.25) is 0 Å². The van der Waals surface area contributed by atoms with Gasteiger partial charge >= 0.3 is 0 Å². The Kier molecular flexibility index (Phi) is 9.28. The molecule has 1 aliphatic carbocycles. The van der Waals surface area contributed by atoms with Gasteiger partial charge in [-0.15, -0.1) is 11.3 Å². The van der Waals surface area contributed by atoms with E-state index in [0.717, 1.165) is 44.3 Å². The summed E-state index contributed by atoms with van der Waals surface area (Å²) in [4.78, 5) is 44.0. The molecule has 0 unspecified atom stereocenters. The highest BCUT2D eigenvalue weighted by Crippen LogP contribution is 2.24. The van der Waals surface area contributed by atoms with E-state index in [1.807, 2.05) is 35.7 Å². The number of morpholine rings is 1. The van der Waals surface area contributed by atoms with Crippen molar-refractivity contribution in [3.05, 3.63) is 58.3 Å². The van der Waals surface area contributed by atoms with Crippen LogP contribution in [0.1, 0.15) is 47.0 Å². The number of carbonyl (C=O) groups is 3. The Labute approximate surface area is 210 Å². The number of benzene rings is 1. The third-order valence-electron chi connectivity index (χ3n) is 6.60. The maximum absolute atomic E-state index is 13.6. The fourth-order valence-corrected chi connectivity index (χ4v) is 5.32. The van der Waals surface area contributed by atoms with Crippen LogP contribution in [-0.4, -0.2) is 79.5 Å². The fourth-order valence-electron chi connectivity index (χ4n) is 4.68. The first-order valence-electron chi connectivity index (χ1n) is 12.4. The Morgan fingerprint density at radius 1 is 1.06 bits per heavy atom. The van der Waals surface area contributed by atoms with E-state index < -0.39 is 6.04 Å². The summed E-state index contributed by atoms with van der Waals surface area (Å²) >= 11 is 1.33. The summed E-state index contributed by atoms with van der Waals surface area (Å²) in [6, 6.07) is 12.3. The zero-order chi connectivity index (χ0) is 24.5. The van der Waals surface area contributed by atoms with Crippen molar-refractivity contribution in [1.82, 2.24) is 20.4 Å². The van der Waals surface area contributed by atoms with Crippen molar-refractivity contribution in [2.45, 2.75) is 37.8 Å². The van der Waals surface area contributed by atoms with Crippen LogP contribution in [0.25, 0.3) is 0 Å². The van der Waals surface area contributed by atoms with Crippen LogP contribution in [0.5, 0.6) is 0 Å². The molecule has 2 fully saturated rings. The van der Waals surface area contributed by atoms with E-state index in [9.17, 15) is 14.4 Å². The number of thiophene rings is 1. The van der Waals surface area contributed by atoms with Gasteiger partial charge in [-0.2, -0.15) is 0 Å². The summed E-state index contributed by atoms with van der Waals surface area (Å²) in [7, 11) is 0. The standard InChI is InChI=1S/C26H34N4O4S/c31-23(19-27-25(32)22-11-6-18-35-22)30(13-12-29-14-16-34-17-15-29)24(20-7-2-1-3-8-20)26(33)28-21-9-4-5-10-21/h1-3,6-8,11,18,21,24H,4-5,9-10,12-17,19H2,(H,27,32)(H,28,33)/t24-/m0/s1. The number of nitrogens with zero attached hydrogens (tertiary/aromatic N) is 2. The van der Waals surface area contributed by atoms with Crippen LogP contribution in [-0.2, 0) is 14.3 Å². The SMILES string of the molecule is O=C(NCC(=O)N(CCN1CCOCC1)[C@H](C(=O)NC1CCCC1)c1ccccc1)c1cccs1. The molecule has 1 saturated heterocycles. The average Bonchev–Trinajstić information content (AvgIpc) is 3.61. The number of rotatable bonds is 10. The molecule has 188 valence electrons. The van der Waals surface area contributed by atoms with Gasteiger partial charge in [0.05, 0.1) is 24.6 Å². The third kappa shape index (κ3) is 7.13. The zero-order valence-electron chi connectivity index (χ0n) is 20.0. The van der Waals surface area contributed by atoms with Crippen LogP contribution >= 0.6 is 11.3 Å². The molecule has 0 spiro atoms. The fraction of sp³-hybridized carbons (Fsp3) is 0.500. The predicted octanol–water partition coefficient (Wildman–Crippen LogP) is 2.44. The smallest absolute Gasteiger partial charge is 0.261 e. The van der Waals surface area contributed by atoms with Gasteiger partial charge in [0.15, 0.2) is 0 Å².